The molecule has 0 aliphatic heterocycles. The molecule has 2 aromatic heterocycles. The lowest BCUT2D eigenvalue weighted by molar-refractivity contribution is 0.284. The van der Waals surface area contributed by atoms with Gasteiger partial charge < -0.3 is 19.7 Å². The molecule has 0 aliphatic carbocycles. The molecule has 2 heterocycles. The number of aromatic nitrogens is 4. The van der Waals surface area contributed by atoms with Crippen LogP contribution in [0.5, 0.6) is 23.3 Å². The Hall–Kier alpha value is -3.94. The molecule has 0 fully saturated rings. The van der Waals surface area contributed by atoms with E-state index in [1.165, 1.54) is 68.7 Å². The summed E-state index contributed by atoms with van der Waals surface area (Å²) in [5.74, 6) is -2.48. The minimum absolute atomic E-state index is 0.0266. The highest BCUT2D eigenvalue weighted by Crippen LogP contribution is 2.43. The summed E-state index contributed by atoms with van der Waals surface area (Å²) < 4.78 is 29.5. The van der Waals surface area contributed by atoms with Crippen LogP contribution in [0.15, 0.2) is 46.0 Å². The minimum atomic E-state index is -1.35. The number of hydrogen-bond donors (Lipinski definition) is 2. The van der Waals surface area contributed by atoms with E-state index in [4.69, 9.17) is 45.5 Å². The zero-order chi connectivity index (χ0) is 30.3. The highest BCUT2D eigenvalue weighted by atomic mass is 35.5. The fourth-order valence-electron chi connectivity index (χ4n) is 4.48. The first-order valence-corrected chi connectivity index (χ1v) is 13.2. The van der Waals surface area contributed by atoms with Crippen LogP contribution in [-0.2, 0) is 34.8 Å². The first kappa shape index (κ1) is 30.0. The summed E-state index contributed by atoms with van der Waals surface area (Å²) in [6.07, 6.45) is 0. The van der Waals surface area contributed by atoms with Crippen molar-refractivity contribution in [3.8, 4) is 23.3 Å². The van der Waals surface area contributed by atoms with Crippen molar-refractivity contribution in [1.82, 2.24) is 18.3 Å². The fraction of sp³-hybridized carbons (Fsp3) is 0.259. The lowest BCUT2D eigenvalue weighted by Gasteiger charge is -2.24. The van der Waals surface area contributed by atoms with Crippen LogP contribution in [0.2, 0.25) is 5.02 Å². The predicted octanol–water partition coefficient (Wildman–Crippen LogP) is 4.19. The van der Waals surface area contributed by atoms with E-state index >= 15 is 0 Å². The zero-order valence-electron chi connectivity index (χ0n) is 22.6. The van der Waals surface area contributed by atoms with Crippen LogP contribution >= 0.6 is 36.0 Å². The summed E-state index contributed by atoms with van der Waals surface area (Å²) in [4.78, 5) is 27.2. The normalized spacial score (nSPS) is 11.2. The molecule has 0 saturated carbocycles. The Morgan fingerprint density at radius 2 is 1.37 bits per heavy atom. The maximum Gasteiger partial charge on any atom is 0.262 e. The molecular formula is C27H26ClFN4O6S2. The average Bonchev–Trinajstić information content (AvgIpc) is 2.96. The number of rotatable bonds is 7. The van der Waals surface area contributed by atoms with E-state index in [0.29, 0.717) is 5.56 Å². The van der Waals surface area contributed by atoms with Gasteiger partial charge in [0.25, 0.3) is 11.1 Å². The van der Waals surface area contributed by atoms with E-state index in [9.17, 15) is 24.2 Å². The van der Waals surface area contributed by atoms with Crippen LogP contribution in [0.3, 0.4) is 0 Å². The monoisotopic (exact) mass is 620 g/mol. The molecule has 41 heavy (non-hydrogen) atoms. The molecule has 0 saturated heterocycles. The third kappa shape index (κ3) is 5.27. The Bertz CT molecular complexity index is 1830. The van der Waals surface area contributed by atoms with Crippen molar-refractivity contribution >= 4 is 36.0 Å². The second-order valence-corrected chi connectivity index (χ2v) is 10.4. The van der Waals surface area contributed by atoms with Crippen molar-refractivity contribution in [3.05, 3.63) is 99.7 Å². The van der Waals surface area contributed by atoms with Crippen molar-refractivity contribution in [2.75, 3.05) is 7.11 Å². The molecule has 10 nitrogen and oxygen atoms in total. The molecule has 0 bridgehead atoms. The summed E-state index contributed by atoms with van der Waals surface area (Å²) in [6, 6.07) is 8.64. The Balaban J connectivity index is 2.02. The van der Waals surface area contributed by atoms with Gasteiger partial charge in [-0.15, -0.1) is 0 Å². The number of nitrogens with zero attached hydrogens (tertiary/aromatic N) is 4. The average molecular weight is 621 g/mol. The van der Waals surface area contributed by atoms with Gasteiger partial charge in [0.15, 0.2) is 21.0 Å². The molecule has 0 radical (unpaired) electrons. The molecule has 2 N–H and O–H groups in total. The van der Waals surface area contributed by atoms with Gasteiger partial charge in [0.05, 0.1) is 29.2 Å². The number of benzene rings is 2. The van der Waals surface area contributed by atoms with Gasteiger partial charge in [0, 0.05) is 28.2 Å². The van der Waals surface area contributed by atoms with Gasteiger partial charge in [-0.1, -0.05) is 23.7 Å². The Kier molecular flexibility index (Phi) is 8.43. The van der Waals surface area contributed by atoms with Crippen molar-refractivity contribution in [2.24, 2.45) is 28.2 Å². The van der Waals surface area contributed by atoms with Gasteiger partial charge in [-0.3, -0.25) is 27.9 Å². The molecule has 4 rings (SSSR count). The number of aromatic hydroxyl groups is 2. The first-order chi connectivity index (χ1) is 19.3. The molecule has 0 aliphatic rings. The number of ether oxygens (including phenoxy) is 2. The van der Waals surface area contributed by atoms with E-state index in [-0.39, 0.29) is 49.4 Å². The maximum absolute atomic E-state index is 13.6. The van der Waals surface area contributed by atoms with Crippen molar-refractivity contribution in [1.29, 1.82) is 0 Å². The van der Waals surface area contributed by atoms with Gasteiger partial charge in [0.2, 0.25) is 11.8 Å². The summed E-state index contributed by atoms with van der Waals surface area (Å²) >= 11 is 17.2. The van der Waals surface area contributed by atoms with Gasteiger partial charge in [-0.25, -0.2) is 4.39 Å². The molecule has 0 spiro atoms. The topological polar surface area (TPSA) is 113 Å². The SMILES string of the molecule is COc1cc(C(c2c(O)n(C)c(=S)n(C)c2=O)c2c(O)n(C)c(=S)n(C)c2=O)cc(Cl)c1OCc1ccc(F)cc1. The van der Waals surface area contributed by atoms with E-state index < -0.39 is 34.6 Å². The van der Waals surface area contributed by atoms with Crippen LogP contribution < -0.4 is 20.6 Å². The Morgan fingerprint density at radius 1 is 0.878 bits per heavy atom. The Labute approximate surface area is 248 Å². The zero-order valence-corrected chi connectivity index (χ0v) is 25.0. The third-order valence-electron chi connectivity index (χ3n) is 6.79. The maximum atomic E-state index is 13.6. The lowest BCUT2D eigenvalue weighted by Crippen LogP contribution is -2.33. The number of methoxy groups -OCH3 is 1. The predicted molar refractivity (Wildman–Crippen MR) is 156 cm³/mol. The standard InChI is InChI=1S/C27H26ClFN4O6S2/c1-30-22(34)19(23(35)31(2)26(30)40)18(20-24(36)32(3)27(41)33(4)25(20)37)14-10-16(28)21(17(11-14)38-5)39-12-13-6-8-15(29)9-7-13/h6-11,18,34,36H,12H2,1-5H3. The van der Waals surface area contributed by atoms with Crippen LogP contribution in [0, 0.1) is 15.4 Å². The van der Waals surface area contributed by atoms with Crippen LogP contribution in [0.25, 0.3) is 0 Å². The molecular weight excluding hydrogens is 595 g/mol. The summed E-state index contributed by atoms with van der Waals surface area (Å²) in [6.45, 7) is 0.0358. The number of hydrogen-bond acceptors (Lipinski definition) is 8. The van der Waals surface area contributed by atoms with Crippen LogP contribution in [0.1, 0.15) is 28.2 Å². The lowest BCUT2D eigenvalue weighted by atomic mass is 9.86. The number of halogens is 2. The van der Waals surface area contributed by atoms with Crippen molar-refractivity contribution in [2.45, 2.75) is 12.5 Å². The molecule has 0 unspecified atom stereocenters. The van der Waals surface area contributed by atoms with Crippen molar-refractivity contribution < 1.29 is 24.1 Å². The van der Waals surface area contributed by atoms with Gasteiger partial charge in [-0.2, -0.15) is 0 Å². The van der Waals surface area contributed by atoms with Gasteiger partial charge in [0.1, 0.15) is 12.4 Å². The van der Waals surface area contributed by atoms with E-state index in [2.05, 4.69) is 0 Å². The summed E-state index contributed by atoms with van der Waals surface area (Å²) in [5, 5.41) is 22.4. The summed E-state index contributed by atoms with van der Waals surface area (Å²) in [7, 11) is 7.15. The molecule has 216 valence electrons. The van der Waals surface area contributed by atoms with E-state index in [1.54, 1.807) is 12.1 Å². The van der Waals surface area contributed by atoms with Gasteiger partial charge >= 0.3 is 0 Å². The van der Waals surface area contributed by atoms with Crippen molar-refractivity contribution in [3.63, 3.8) is 0 Å². The summed E-state index contributed by atoms with van der Waals surface area (Å²) in [5.41, 5.74) is -1.00. The van der Waals surface area contributed by atoms with E-state index in [1.807, 2.05) is 0 Å². The molecule has 0 amide bonds. The smallest absolute Gasteiger partial charge is 0.262 e. The quantitative estimate of drug-likeness (QED) is 0.296. The fourth-order valence-corrected chi connectivity index (χ4v) is 5.10. The minimum Gasteiger partial charge on any atom is -0.494 e. The Morgan fingerprint density at radius 3 is 1.83 bits per heavy atom. The van der Waals surface area contributed by atoms with Crippen LogP contribution in [-0.4, -0.2) is 35.6 Å². The molecule has 2 aromatic carbocycles. The second kappa shape index (κ2) is 11.5. The molecule has 14 heteroatoms. The van der Waals surface area contributed by atoms with Gasteiger partial charge in [-0.05, 0) is 59.8 Å². The first-order valence-electron chi connectivity index (χ1n) is 12.0. The molecule has 0 atom stereocenters. The second-order valence-electron chi connectivity index (χ2n) is 9.27. The highest BCUT2D eigenvalue weighted by molar-refractivity contribution is 7.71. The largest absolute Gasteiger partial charge is 0.494 e. The van der Waals surface area contributed by atoms with Crippen LogP contribution in [0.4, 0.5) is 4.39 Å². The third-order valence-corrected chi connectivity index (χ3v) is 8.17. The molecule has 4 aromatic rings. The van der Waals surface area contributed by atoms with E-state index in [0.717, 1.165) is 9.13 Å². The highest BCUT2D eigenvalue weighted by Gasteiger charge is 2.33.